The highest BCUT2D eigenvalue weighted by atomic mass is 16.6. The van der Waals surface area contributed by atoms with Gasteiger partial charge in [-0.1, -0.05) is 11.6 Å². The van der Waals surface area contributed by atoms with Gasteiger partial charge < -0.3 is 19.3 Å². The molecule has 1 fully saturated rings. The molecule has 0 aromatic heterocycles. The van der Waals surface area contributed by atoms with E-state index in [1.165, 1.54) is 5.57 Å². The zero-order valence-corrected chi connectivity index (χ0v) is 18.0. The molecule has 7 nitrogen and oxygen atoms in total. The van der Waals surface area contributed by atoms with Gasteiger partial charge >= 0.3 is 11.9 Å². The summed E-state index contributed by atoms with van der Waals surface area (Å²) >= 11 is 0. The van der Waals surface area contributed by atoms with Crippen molar-refractivity contribution in [3.05, 3.63) is 11.6 Å². The molecule has 7 heteroatoms. The van der Waals surface area contributed by atoms with E-state index in [2.05, 4.69) is 11.4 Å². The lowest BCUT2D eigenvalue weighted by atomic mass is 9.72. The lowest BCUT2D eigenvalue weighted by Crippen LogP contribution is -2.51. The maximum absolute atomic E-state index is 12.2. The van der Waals surface area contributed by atoms with Crippen molar-refractivity contribution in [2.75, 3.05) is 26.8 Å². The van der Waals surface area contributed by atoms with Gasteiger partial charge in [0.1, 0.15) is 6.10 Å². The van der Waals surface area contributed by atoms with Crippen molar-refractivity contribution in [2.24, 2.45) is 5.92 Å². The number of hydrogen-bond donors (Lipinski definition) is 2. The lowest BCUT2D eigenvalue weighted by molar-refractivity contribution is -0.175. The maximum atomic E-state index is 12.2. The summed E-state index contributed by atoms with van der Waals surface area (Å²) in [6.07, 6.45) is 5.16. The minimum atomic E-state index is -0.903. The molecule has 1 aliphatic rings. The van der Waals surface area contributed by atoms with Crippen LogP contribution in [-0.2, 0) is 23.8 Å². The summed E-state index contributed by atoms with van der Waals surface area (Å²) < 4.78 is 16.1. The Morgan fingerprint density at radius 3 is 2.50 bits per heavy atom. The highest BCUT2D eigenvalue weighted by molar-refractivity contribution is 5.75. The van der Waals surface area contributed by atoms with E-state index in [1.807, 2.05) is 20.8 Å². The summed E-state index contributed by atoms with van der Waals surface area (Å²) in [6, 6.07) is 0. The Kier molecular flexibility index (Phi) is 10.7. The predicted octanol–water partition coefficient (Wildman–Crippen LogP) is 2.36. The molecule has 162 valence electrons. The summed E-state index contributed by atoms with van der Waals surface area (Å²) in [5.41, 5.74) is 0.324. The summed E-state index contributed by atoms with van der Waals surface area (Å²) in [7, 11) is 1.59. The van der Waals surface area contributed by atoms with Crippen molar-refractivity contribution < 1.29 is 28.9 Å². The molecular weight excluding hydrogens is 362 g/mol. The Labute approximate surface area is 168 Å². The number of aliphatic hydroxyl groups is 1. The number of esters is 2. The first-order valence-corrected chi connectivity index (χ1v) is 10.2. The van der Waals surface area contributed by atoms with Crippen molar-refractivity contribution in [2.45, 2.75) is 77.6 Å². The lowest BCUT2D eigenvalue weighted by Gasteiger charge is -2.43. The summed E-state index contributed by atoms with van der Waals surface area (Å²) in [5.74, 6) is -0.960. The normalized spacial score (nSPS) is 24.1. The highest BCUT2D eigenvalue weighted by Gasteiger charge is 2.44. The first-order valence-electron chi connectivity index (χ1n) is 10.2. The molecule has 0 saturated heterocycles. The fraction of sp³-hybridized carbons (Fsp3) is 0.810. The number of nitrogens with one attached hydrogen (secondary N) is 1. The Morgan fingerprint density at radius 1 is 1.21 bits per heavy atom. The third-order valence-electron chi connectivity index (χ3n) is 5.17. The molecule has 0 aromatic rings. The van der Waals surface area contributed by atoms with E-state index in [1.54, 1.807) is 14.0 Å². The fourth-order valence-corrected chi connectivity index (χ4v) is 3.76. The van der Waals surface area contributed by atoms with E-state index in [9.17, 15) is 14.7 Å². The van der Waals surface area contributed by atoms with E-state index in [4.69, 9.17) is 14.2 Å². The van der Waals surface area contributed by atoms with Crippen molar-refractivity contribution in [1.29, 1.82) is 0 Å². The van der Waals surface area contributed by atoms with Gasteiger partial charge in [-0.25, -0.2) is 0 Å². The number of carbonyl (C=O) groups excluding carboxylic acids is 2. The smallest absolute Gasteiger partial charge is 0.320 e. The number of methoxy groups -OCH3 is 1. The Hall–Kier alpha value is -1.44. The zero-order chi connectivity index (χ0) is 21.2. The van der Waals surface area contributed by atoms with Crippen molar-refractivity contribution in [3.63, 3.8) is 0 Å². The zero-order valence-electron chi connectivity index (χ0n) is 18.0. The fourth-order valence-electron chi connectivity index (χ4n) is 3.76. The molecule has 0 spiro atoms. The van der Waals surface area contributed by atoms with Crippen LogP contribution < -0.4 is 5.32 Å². The van der Waals surface area contributed by atoms with Gasteiger partial charge in [0.25, 0.3) is 0 Å². The first-order chi connectivity index (χ1) is 13.2. The Balaban J connectivity index is 2.61. The third-order valence-corrected chi connectivity index (χ3v) is 5.17. The van der Waals surface area contributed by atoms with Gasteiger partial charge in [-0.15, -0.1) is 0 Å². The van der Waals surface area contributed by atoms with Crippen LogP contribution in [0, 0.1) is 5.92 Å². The second kappa shape index (κ2) is 12.2. The first kappa shape index (κ1) is 24.6. The van der Waals surface area contributed by atoms with Crippen LogP contribution in [0.1, 0.15) is 59.8 Å². The van der Waals surface area contributed by atoms with Gasteiger partial charge in [0.2, 0.25) is 0 Å². The van der Waals surface area contributed by atoms with E-state index >= 15 is 0 Å². The summed E-state index contributed by atoms with van der Waals surface area (Å²) in [4.78, 5) is 23.5. The SMILES string of the molecule is CCOC(=O)CNCC(=O)O[C@@H]1CCC[C@@H]([C@@](C)(O)CCC=C(C)C)[C@@H]1OC. The van der Waals surface area contributed by atoms with Crippen LogP contribution in [0.5, 0.6) is 0 Å². The molecular formula is C21H37NO6. The number of allylic oxidation sites excluding steroid dienone is 2. The van der Waals surface area contributed by atoms with Crippen molar-refractivity contribution in [1.82, 2.24) is 5.32 Å². The summed E-state index contributed by atoms with van der Waals surface area (Å²) in [6.45, 7) is 7.84. The average molecular weight is 400 g/mol. The molecule has 0 amide bonds. The average Bonchev–Trinajstić information content (AvgIpc) is 2.61. The van der Waals surface area contributed by atoms with Crippen molar-refractivity contribution >= 4 is 11.9 Å². The maximum Gasteiger partial charge on any atom is 0.320 e. The predicted molar refractivity (Wildman–Crippen MR) is 107 cm³/mol. The quantitative estimate of drug-likeness (QED) is 0.407. The molecule has 28 heavy (non-hydrogen) atoms. The molecule has 1 rings (SSSR count). The number of carbonyl (C=O) groups is 2. The van der Waals surface area contributed by atoms with Crippen LogP contribution in [0.2, 0.25) is 0 Å². The van der Waals surface area contributed by atoms with Crippen LogP contribution in [0.4, 0.5) is 0 Å². The second-order valence-electron chi connectivity index (χ2n) is 7.85. The molecule has 1 saturated carbocycles. The minimum absolute atomic E-state index is 0.0387. The van der Waals surface area contributed by atoms with Gasteiger partial charge in [0, 0.05) is 13.0 Å². The van der Waals surface area contributed by atoms with Crippen molar-refractivity contribution in [3.8, 4) is 0 Å². The monoisotopic (exact) mass is 399 g/mol. The van der Waals surface area contributed by atoms with Gasteiger partial charge in [-0.05, 0) is 59.8 Å². The molecule has 4 atom stereocenters. The van der Waals surface area contributed by atoms with E-state index < -0.39 is 23.6 Å². The van der Waals surface area contributed by atoms with Crippen LogP contribution in [0.25, 0.3) is 0 Å². The molecule has 0 aliphatic heterocycles. The van der Waals surface area contributed by atoms with E-state index in [-0.39, 0.29) is 25.1 Å². The van der Waals surface area contributed by atoms with Crippen LogP contribution >= 0.6 is 0 Å². The Bertz CT molecular complexity index is 527. The van der Waals surface area contributed by atoms with E-state index in [0.29, 0.717) is 19.4 Å². The molecule has 0 bridgehead atoms. The standard InChI is InChI=1S/C21H37NO6/c1-6-27-18(23)13-22-14-19(24)28-17-11-7-10-16(20(17)26-5)21(4,25)12-8-9-15(2)3/h9,16-17,20,22,25H,6-8,10-14H2,1-5H3/t16-,17-,20+,21+/m1/s1. The molecule has 1 aliphatic carbocycles. The minimum Gasteiger partial charge on any atom is -0.465 e. The topological polar surface area (TPSA) is 94.1 Å². The highest BCUT2D eigenvalue weighted by Crippen LogP contribution is 2.38. The van der Waals surface area contributed by atoms with Gasteiger partial charge in [0.05, 0.1) is 31.4 Å². The molecule has 0 aromatic carbocycles. The van der Waals surface area contributed by atoms with Crippen LogP contribution in [-0.4, -0.2) is 61.7 Å². The second-order valence-corrected chi connectivity index (χ2v) is 7.85. The number of rotatable bonds is 11. The summed E-state index contributed by atoms with van der Waals surface area (Å²) in [5, 5.41) is 13.8. The number of ether oxygens (including phenoxy) is 3. The van der Waals surface area contributed by atoms with Gasteiger partial charge in [-0.2, -0.15) is 0 Å². The largest absolute Gasteiger partial charge is 0.465 e. The van der Waals surface area contributed by atoms with Gasteiger partial charge in [0.15, 0.2) is 0 Å². The van der Waals surface area contributed by atoms with Gasteiger partial charge in [-0.3, -0.25) is 14.9 Å². The molecule has 0 radical (unpaired) electrons. The molecule has 0 unspecified atom stereocenters. The van der Waals surface area contributed by atoms with Crippen LogP contribution in [0.15, 0.2) is 11.6 Å². The Morgan fingerprint density at radius 2 is 1.89 bits per heavy atom. The van der Waals surface area contributed by atoms with E-state index in [0.717, 1.165) is 19.3 Å². The number of hydrogen-bond acceptors (Lipinski definition) is 7. The third kappa shape index (κ3) is 8.29. The van der Waals surface area contributed by atoms with Crippen LogP contribution in [0.3, 0.4) is 0 Å². The molecule has 2 N–H and O–H groups in total. The molecule has 0 heterocycles.